The standard InChI is InChI=1S/C13H17ClFNO/c1-17-10-5-7-16(8-6-10)13-4-2-3-12(15)11(13)9-14/h2-4,10H,5-9H2,1H3. The predicted molar refractivity (Wildman–Crippen MR) is 68.2 cm³/mol. The minimum absolute atomic E-state index is 0.214. The van der Waals surface area contributed by atoms with Gasteiger partial charge in [0.05, 0.1) is 12.0 Å². The van der Waals surface area contributed by atoms with E-state index in [2.05, 4.69) is 4.90 Å². The molecule has 0 spiro atoms. The van der Waals surface area contributed by atoms with Crippen LogP contribution in [0.3, 0.4) is 0 Å². The third-order valence-corrected chi connectivity index (χ3v) is 3.61. The highest BCUT2D eigenvalue weighted by molar-refractivity contribution is 6.17. The van der Waals surface area contributed by atoms with Crippen molar-refractivity contribution in [3.8, 4) is 0 Å². The van der Waals surface area contributed by atoms with Crippen molar-refractivity contribution in [3.05, 3.63) is 29.6 Å². The molecule has 4 heteroatoms. The van der Waals surface area contributed by atoms with E-state index in [1.54, 1.807) is 13.2 Å². The van der Waals surface area contributed by atoms with Crippen LogP contribution in [-0.2, 0) is 10.6 Å². The fraction of sp³-hybridized carbons (Fsp3) is 0.538. The summed E-state index contributed by atoms with van der Waals surface area (Å²) in [5.41, 5.74) is 1.53. The quantitative estimate of drug-likeness (QED) is 0.771. The summed E-state index contributed by atoms with van der Waals surface area (Å²) in [6.45, 7) is 1.79. The fourth-order valence-electron chi connectivity index (χ4n) is 2.31. The largest absolute Gasteiger partial charge is 0.381 e. The zero-order chi connectivity index (χ0) is 12.3. The van der Waals surface area contributed by atoms with Gasteiger partial charge in [-0.05, 0) is 25.0 Å². The van der Waals surface area contributed by atoms with E-state index in [-0.39, 0.29) is 11.7 Å². The van der Waals surface area contributed by atoms with Crippen molar-refractivity contribution in [2.24, 2.45) is 0 Å². The number of alkyl halides is 1. The van der Waals surface area contributed by atoms with Crippen LogP contribution < -0.4 is 4.90 Å². The Labute approximate surface area is 106 Å². The number of anilines is 1. The lowest BCUT2D eigenvalue weighted by molar-refractivity contribution is 0.0819. The molecule has 1 aromatic rings. The molecule has 94 valence electrons. The topological polar surface area (TPSA) is 12.5 Å². The van der Waals surface area contributed by atoms with Crippen molar-refractivity contribution < 1.29 is 9.13 Å². The van der Waals surface area contributed by atoms with Crippen LogP contribution in [0.5, 0.6) is 0 Å². The summed E-state index contributed by atoms with van der Waals surface area (Å²) in [6, 6.07) is 5.14. The fourth-order valence-corrected chi connectivity index (χ4v) is 2.57. The van der Waals surface area contributed by atoms with Crippen LogP contribution in [0, 0.1) is 5.82 Å². The molecule has 0 N–H and O–H groups in total. The van der Waals surface area contributed by atoms with E-state index in [0.29, 0.717) is 11.7 Å². The Morgan fingerprint density at radius 2 is 2.12 bits per heavy atom. The summed E-state index contributed by atoms with van der Waals surface area (Å²) in [6.07, 6.45) is 2.29. The maximum atomic E-state index is 13.6. The van der Waals surface area contributed by atoms with Crippen LogP contribution in [-0.4, -0.2) is 26.3 Å². The lowest BCUT2D eigenvalue weighted by Gasteiger charge is -2.34. The van der Waals surface area contributed by atoms with Gasteiger partial charge >= 0.3 is 0 Å². The van der Waals surface area contributed by atoms with E-state index in [0.717, 1.165) is 31.6 Å². The Bertz CT molecular complexity index is 378. The molecule has 0 unspecified atom stereocenters. The number of nitrogens with zero attached hydrogens (tertiary/aromatic N) is 1. The summed E-state index contributed by atoms with van der Waals surface area (Å²) in [7, 11) is 1.74. The molecule has 2 rings (SSSR count). The van der Waals surface area contributed by atoms with E-state index >= 15 is 0 Å². The molecule has 1 fully saturated rings. The SMILES string of the molecule is COC1CCN(c2cccc(F)c2CCl)CC1. The summed E-state index contributed by atoms with van der Waals surface area (Å²) >= 11 is 5.82. The van der Waals surface area contributed by atoms with Gasteiger partial charge in [-0.1, -0.05) is 6.07 Å². The van der Waals surface area contributed by atoms with Gasteiger partial charge in [0.15, 0.2) is 0 Å². The van der Waals surface area contributed by atoms with Gasteiger partial charge in [-0.25, -0.2) is 4.39 Å². The molecule has 0 bridgehead atoms. The molecule has 1 aliphatic rings. The molecular formula is C13H17ClFNO. The van der Waals surface area contributed by atoms with Crippen molar-refractivity contribution in [1.29, 1.82) is 0 Å². The van der Waals surface area contributed by atoms with Crippen LogP contribution in [0.2, 0.25) is 0 Å². The smallest absolute Gasteiger partial charge is 0.129 e. The minimum atomic E-state index is -0.216. The molecule has 1 heterocycles. The number of methoxy groups -OCH3 is 1. The van der Waals surface area contributed by atoms with Crippen LogP contribution in [0.1, 0.15) is 18.4 Å². The van der Waals surface area contributed by atoms with Gasteiger partial charge in [-0.2, -0.15) is 0 Å². The van der Waals surface area contributed by atoms with Crippen LogP contribution in [0.4, 0.5) is 10.1 Å². The monoisotopic (exact) mass is 257 g/mol. The number of hydrogen-bond acceptors (Lipinski definition) is 2. The van der Waals surface area contributed by atoms with Gasteiger partial charge in [-0.15, -0.1) is 11.6 Å². The van der Waals surface area contributed by atoms with Crippen molar-refractivity contribution in [1.82, 2.24) is 0 Å². The van der Waals surface area contributed by atoms with Crippen molar-refractivity contribution in [2.45, 2.75) is 24.8 Å². The highest BCUT2D eigenvalue weighted by Gasteiger charge is 2.21. The zero-order valence-electron chi connectivity index (χ0n) is 9.96. The Morgan fingerprint density at radius 3 is 2.71 bits per heavy atom. The van der Waals surface area contributed by atoms with E-state index in [9.17, 15) is 4.39 Å². The zero-order valence-corrected chi connectivity index (χ0v) is 10.7. The average molecular weight is 258 g/mol. The second kappa shape index (κ2) is 5.69. The third-order valence-electron chi connectivity index (χ3n) is 3.34. The number of ether oxygens (including phenoxy) is 1. The van der Waals surface area contributed by atoms with Crippen LogP contribution in [0.15, 0.2) is 18.2 Å². The summed E-state index contributed by atoms with van der Waals surface area (Å²) in [5, 5.41) is 0. The average Bonchev–Trinajstić information content (AvgIpc) is 2.38. The molecular weight excluding hydrogens is 241 g/mol. The number of rotatable bonds is 3. The lowest BCUT2D eigenvalue weighted by atomic mass is 10.1. The van der Waals surface area contributed by atoms with Gasteiger partial charge in [0.25, 0.3) is 0 Å². The molecule has 0 amide bonds. The summed E-state index contributed by atoms with van der Waals surface area (Å²) in [5.74, 6) is -0.00183. The molecule has 0 saturated carbocycles. The number of benzene rings is 1. The lowest BCUT2D eigenvalue weighted by Crippen LogP contribution is -2.37. The second-order valence-electron chi connectivity index (χ2n) is 4.29. The van der Waals surface area contributed by atoms with Crippen LogP contribution in [0.25, 0.3) is 0 Å². The van der Waals surface area contributed by atoms with E-state index in [4.69, 9.17) is 16.3 Å². The second-order valence-corrected chi connectivity index (χ2v) is 4.56. The first-order valence-electron chi connectivity index (χ1n) is 5.87. The Balaban J connectivity index is 2.15. The van der Waals surface area contributed by atoms with Gasteiger partial charge in [0, 0.05) is 31.5 Å². The summed E-state index contributed by atoms with van der Waals surface area (Å²) < 4.78 is 18.9. The first-order valence-corrected chi connectivity index (χ1v) is 6.40. The maximum absolute atomic E-state index is 13.6. The van der Waals surface area contributed by atoms with E-state index < -0.39 is 0 Å². The highest BCUT2D eigenvalue weighted by atomic mass is 35.5. The Kier molecular flexibility index (Phi) is 4.24. The van der Waals surface area contributed by atoms with Crippen molar-refractivity contribution in [2.75, 3.05) is 25.1 Å². The molecule has 1 aliphatic heterocycles. The van der Waals surface area contributed by atoms with Gasteiger partial charge in [0.2, 0.25) is 0 Å². The third kappa shape index (κ3) is 2.72. The van der Waals surface area contributed by atoms with Crippen molar-refractivity contribution in [3.63, 3.8) is 0 Å². The molecule has 1 aromatic carbocycles. The predicted octanol–water partition coefficient (Wildman–Crippen LogP) is 3.18. The Morgan fingerprint density at radius 1 is 1.41 bits per heavy atom. The molecule has 0 aromatic heterocycles. The number of piperidine rings is 1. The first-order chi connectivity index (χ1) is 8.26. The molecule has 0 atom stereocenters. The van der Waals surface area contributed by atoms with E-state index in [1.165, 1.54) is 6.07 Å². The molecule has 17 heavy (non-hydrogen) atoms. The van der Waals surface area contributed by atoms with Gasteiger partial charge in [-0.3, -0.25) is 0 Å². The maximum Gasteiger partial charge on any atom is 0.129 e. The van der Waals surface area contributed by atoms with Gasteiger partial charge in [0.1, 0.15) is 5.82 Å². The first kappa shape index (κ1) is 12.7. The Hall–Kier alpha value is -0.800. The summed E-state index contributed by atoms with van der Waals surface area (Å²) in [4.78, 5) is 2.19. The molecule has 2 nitrogen and oxygen atoms in total. The van der Waals surface area contributed by atoms with Gasteiger partial charge < -0.3 is 9.64 Å². The van der Waals surface area contributed by atoms with Crippen molar-refractivity contribution >= 4 is 17.3 Å². The van der Waals surface area contributed by atoms with Crippen LogP contribution >= 0.6 is 11.6 Å². The minimum Gasteiger partial charge on any atom is -0.381 e. The highest BCUT2D eigenvalue weighted by Crippen LogP contribution is 2.27. The van der Waals surface area contributed by atoms with E-state index in [1.807, 2.05) is 6.07 Å². The normalized spacial score (nSPS) is 17.5. The molecule has 0 aliphatic carbocycles. The number of halogens is 2. The molecule has 1 saturated heterocycles. The number of hydrogen-bond donors (Lipinski definition) is 0. The molecule has 0 radical (unpaired) electrons.